The molecule has 1 fully saturated rings. The molecule has 80 valence electrons. The maximum atomic E-state index is 13.1. The van der Waals surface area contributed by atoms with Crippen molar-refractivity contribution in [2.75, 3.05) is 7.05 Å². The summed E-state index contributed by atoms with van der Waals surface area (Å²) in [4.78, 5) is 13.6. The van der Waals surface area contributed by atoms with E-state index in [-0.39, 0.29) is 11.7 Å². The van der Waals surface area contributed by atoms with Crippen LogP contribution < -0.4 is 0 Å². The SMILES string of the molecule is CN(C(=O)c1cc(F)cc(I)c1)C1CC1. The molecule has 2 rings (SSSR count). The Labute approximate surface area is 102 Å². The smallest absolute Gasteiger partial charge is 0.253 e. The normalized spacial score (nSPS) is 15.1. The van der Waals surface area contributed by atoms with Crippen molar-refractivity contribution in [3.63, 3.8) is 0 Å². The number of nitrogens with zero attached hydrogens (tertiary/aromatic N) is 1. The van der Waals surface area contributed by atoms with Crippen LogP contribution >= 0.6 is 22.6 Å². The number of hydrogen-bond acceptors (Lipinski definition) is 1. The summed E-state index contributed by atoms with van der Waals surface area (Å²) < 4.78 is 13.8. The van der Waals surface area contributed by atoms with E-state index in [9.17, 15) is 9.18 Å². The van der Waals surface area contributed by atoms with Crippen LogP contribution in [0, 0.1) is 9.39 Å². The molecule has 1 saturated carbocycles. The summed E-state index contributed by atoms with van der Waals surface area (Å²) >= 11 is 2.01. The molecule has 0 radical (unpaired) electrons. The Hall–Kier alpha value is -0.650. The van der Waals surface area contributed by atoms with E-state index in [0.717, 1.165) is 16.4 Å². The molecule has 0 heterocycles. The summed E-state index contributed by atoms with van der Waals surface area (Å²) in [7, 11) is 1.78. The van der Waals surface area contributed by atoms with E-state index in [1.165, 1.54) is 12.1 Å². The Bertz CT molecular complexity index is 383. The molecule has 1 aliphatic carbocycles. The molecule has 0 bridgehead atoms. The topological polar surface area (TPSA) is 20.3 Å². The highest BCUT2D eigenvalue weighted by Crippen LogP contribution is 2.27. The fourth-order valence-corrected chi connectivity index (χ4v) is 2.14. The van der Waals surface area contributed by atoms with E-state index in [0.29, 0.717) is 11.6 Å². The predicted octanol–water partition coefficient (Wildman–Crippen LogP) is 2.66. The van der Waals surface area contributed by atoms with Crippen LogP contribution in [0.25, 0.3) is 0 Å². The minimum Gasteiger partial charge on any atom is -0.339 e. The summed E-state index contributed by atoms with van der Waals surface area (Å²) in [6, 6.07) is 4.78. The van der Waals surface area contributed by atoms with Gasteiger partial charge in [0.1, 0.15) is 5.82 Å². The highest BCUT2D eigenvalue weighted by Gasteiger charge is 2.30. The number of halogens is 2. The molecule has 0 aromatic heterocycles. The number of benzene rings is 1. The van der Waals surface area contributed by atoms with Gasteiger partial charge in [-0.2, -0.15) is 0 Å². The first kappa shape index (κ1) is 10.9. The molecule has 1 aromatic rings. The molecule has 0 aliphatic heterocycles. The van der Waals surface area contributed by atoms with Crippen molar-refractivity contribution in [2.45, 2.75) is 18.9 Å². The summed E-state index contributed by atoms with van der Waals surface area (Å²) in [6.07, 6.45) is 2.13. The van der Waals surface area contributed by atoms with Gasteiger partial charge in [-0.15, -0.1) is 0 Å². The molecule has 4 heteroatoms. The third kappa shape index (κ3) is 2.48. The van der Waals surface area contributed by atoms with Gasteiger partial charge in [0, 0.05) is 22.2 Å². The van der Waals surface area contributed by atoms with E-state index < -0.39 is 0 Å². The number of carbonyl (C=O) groups is 1. The number of amides is 1. The largest absolute Gasteiger partial charge is 0.339 e. The summed E-state index contributed by atoms with van der Waals surface area (Å²) in [6.45, 7) is 0. The molecule has 0 N–H and O–H groups in total. The van der Waals surface area contributed by atoms with Gasteiger partial charge in [-0.25, -0.2) is 4.39 Å². The van der Waals surface area contributed by atoms with Crippen LogP contribution in [0.4, 0.5) is 4.39 Å². The molecule has 1 amide bonds. The monoisotopic (exact) mass is 319 g/mol. The lowest BCUT2D eigenvalue weighted by Gasteiger charge is -2.16. The first-order valence-corrected chi connectivity index (χ1v) is 5.89. The Morgan fingerprint density at radius 1 is 1.47 bits per heavy atom. The third-order valence-corrected chi connectivity index (χ3v) is 3.15. The van der Waals surface area contributed by atoms with Gasteiger partial charge in [-0.05, 0) is 53.6 Å². The van der Waals surface area contributed by atoms with Crippen molar-refractivity contribution in [3.8, 4) is 0 Å². The molecule has 1 aliphatic rings. The van der Waals surface area contributed by atoms with Crippen molar-refractivity contribution < 1.29 is 9.18 Å². The van der Waals surface area contributed by atoms with Gasteiger partial charge < -0.3 is 4.90 Å². The predicted molar refractivity (Wildman–Crippen MR) is 64.2 cm³/mol. The minimum atomic E-state index is -0.352. The molecule has 0 atom stereocenters. The lowest BCUT2D eigenvalue weighted by molar-refractivity contribution is 0.0784. The molecule has 1 aromatic carbocycles. The van der Waals surface area contributed by atoms with E-state index in [2.05, 4.69) is 0 Å². The number of hydrogen-bond donors (Lipinski definition) is 0. The summed E-state index contributed by atoms with van der Waals surface area (Å²) in [5.41, 5.74) is 0.439. The van der Waals surface area contributed by atoms with Crippen molar-refractivity contribution in [1.29, 1.82) is 0 Å². The minimum absolute atomic E-state index is 0.0880. The second kappa shape index (κ2) is 4.08. The van der Waals surface area contributed by atoms with Crippen molar-refractivity contribution in [2.24, 2.45) is 0 Å². The van der Waals surface area contributed by atoms with E-state index in [4.69, 9.17) is 0 Å². The molecular formula is C11H11FINO. The average molecular weight is 319 g/mol. The Balaban J connectivity index is 2.24. The van der Waals surface area contributed by atoms with Gasteiger partial charge in [-0.1, -0.05) is 0 Å². The van der Waals surface area contributed by atoms with Gasteiger partial charge in [0.05, 0.1) is 0 Å². The van der Waals surface area contributed by atoms with Crippen LogP contribution in [0.15, 0.2) is 18.2 Å². The van der Waals surface area contributed by atoms with E-state index in [1.807, 2.05) is 22.6 Å². The molecule has 0 saturated heterocycles. The van der Waals surface area contributed by atoms with Crippen LogP contribution in [-0.4, -0.2) is 23.9 Å². The first-order chi connectivity index (χ1) is 7.08. The zero-order chi connectivity index (χ0) is 11.0. The Morgan fingerprint density at radius 3 is 2.67 bits per heavy atom. The van der Waals surface area contributed by atoms with Gasteiger partial charge in [-0.3, -0.25) is 4.79 Å². The summed E-state index contributed by atoms with van der Waals surface area (Å²) in [5.74, 6) is -0.440. The molecule has 0 spiro atoms. The Morgan fingerprint density at radius 2 is 2.13 bits per heavy atom. The van der Waals surface area contributed by atoms with Crippen molar-refractivity contribution >= 4 is 28.5 Å². The molecule has 15 heavy (non-hydrogen) atoms. The fourth-order valence-electron chi connectivity index (χ4n) is 1.51. The van der Waals surface area contributed by atoms with Gasteiger partial charge in [0.2, 0.25) is 0 Å². The highest BCUT2D eigenvalue weighted by molar-refractivity contribution is 14.1. The average Bonchev–Trinajstić information content (AvgIpc) is 2.97. The molecule has 2 nitrogen and oxygen atoms in total. The first-order valence-electron chi connectivity index (χ1n) is 4.81. The second-order valence-electron chi connectivity index (χ2n) is 3.81. The lowest BCUT2D eigenvalue weighted by atomic mass is 10.2. The standard InChI is InChI=1S/C11H11FINO/c1-14(10-2-3-10)11(15)7-4-8(12)6-9(13)5-7/h4-6,10H,2-3H2,1H3. The maximum absolute atomic E-state index is 13.1. The lowest BCUT2D eigenvalue weighted by Crippen LogP contribution is -2.28. The summed E-state index contributed by atoms with van der Waals surface area (Å²) in [5, 5.41) is 0. The number of carbonyl (C=O) groups excluding carboxylic acids is 1. The molecule has 0 unspecified atom stereocenters. The van der Waals surface area contributed by atoms with Crippen LogP contribution in [0.3, 0.4) is 0 Å². The Kier molecular flexibility index (Phi) is 2.95. The quantitative estimate of drug-likeness (QED) is 0.768. The van der Waals surface area contributed by atoms with E-state index in [1.54, 1.807) is 18.0 Å². The van der Waals surface area contributed by atoms with Gasteiger partial charge in [0.15, 0.2) is 0 Å². The van der Waals surface area contributed by atoms with Crippen LogP contribution in [-0.2, 0) is 0 Å². The van der Waals surface area contributed by atoms with Crippen molar-refractivity contribution in [3.05, 3.63) is 33.1 Å². The van der Waals surface area contributed by atoms with Crippen LogP contribution in [0.2, 0.25) is 0 Å². The maximum Gasteiger partial charge on any atom is 0.253 e. The second-order valence-corrected chi connectivity index (χ2v) is 5.05. The number of rotatable bonds is 2. The van der Waals surface area contributed by atoms with E-state index >= 15 is 0 Å². The molecular weight excluding hydrogens is 308 g/mol. The fraction of sp³-hybridized carbons (Fsp3) is 0.364. The van der Waals surface area contributed by atoms with Gasteiger partial charge in [0.25, 0.3) is 5.91 Å². The zero-order valence-electron chi connectivity index (χ0n) is 8.34. The van der Waals surface area contributed by atoms with Crippen LogP contribution in [0.1, 0.15) is 23.2 Å². The zero-order valence-corrected chi connectivity index (χ0v) is 10.5. The van der Waals surface area contributed by atoms with Gasteiger partial charge >= 0.3 is 0 Å². The highest BCUT2D eigenvalue weighted by atomic mass is 127. The van der Waals surface area contributed by atoms with Crippen molar-refractivity contribution in [1.82, 2.24) is 4.90 Å². The van der Waals surface area contributed by atoms with Crippen LogP contribution in [0.5, 0.6) is 0 Å². The third-order valence-electron chi connectivity index (χ3n) is 2.52.